The molecule has 3 unspecified atom stereocenters. The van der Waals surface area contributed by atoms with Crippen LogP contribution in [0.25, 0.3) is 0 Å². The molecule has 4 nitrogen and oxygen atoms in total. The van der Waals surface area contributed by atoms with Crippen molar-refractivity contribution in [1.29, 1.82) is 0 Å². The van der Waals surface area contributed by atoms with Gasteiger partial charge in [0, 0.05) is 25.0 Å². The lowest BCUT2D eigenvalue weighted by Crippen LogP contribution is -2.50. The van der Waals surface area contributed by atoms with Crippen LogP contribution in [0.2, 0.25) is 0 Å². The molecule has 0 aromatic heterocycles. The molecule has 160 valence electrons. The molecule has 0 saturated heterocycles. The van der Waals surface area contributed by atoms with Gasteiger partial charge in [-0.2, -0.15) is 0 Å². The Morgan fingerprint density at radius 1 is 1.00 bits per heavy atom. The third-order valence-corrected chi connectivity index (χ3v) is 6.10. The van der Waals surface area contributed by atoms with Crippen LogP contribution in [-0.4, -0.2) is 25.7 Å². The molecular formula is C24H43N3O. The van der Waals surface area contributed by atoms with Crippen LogP contribution in [0.1, 0.15) is 84.1 Å². The third-order valence-electron chi connectivity index (χ3n) is 6.10. The van der Waals surface area contributed by atoms with Crippen LogP contribution < -0.4 is 16.4 Å². The van der Waals surface area contributed by atoms with Gasteiger partial charge in [-0.05, 0) is 37.2 Å². The zero-order chi connectivity index (χ0) is 20.8. The number of benzene rings is 1. The van der Waals surface area contributed by atoms with Gasteiger partial charge >= 0.3 is 6.03 Å². The molecule has 1 aromatic carbocycles. The molecule has 3 atom stereocenters. The molecule has 0 fully saturated rings. The summed E-state index contributed by atoms with van der Waals surface area (Å²) in [6.07, 6.45) is 10.2. The Morgan fingerprint density at radius 2 is 1.68 bits per heavy atom. The summed E-state index contributed by atoms with van der Waals surface area (Å²) in [4.78, 5) is 12.1. The highest BCUT2D eigenvalue weighted by atomic mass is 16.2. The maximum Gasteiger partial charge on any atom is 0.314 e. The standard InChI is InChI=1S/C24H43N3O/c1-5-8-10-15-20(13-6-2)24(19-25,21-16-11-9-12-17-21)18-22(14-7-3)27-23(28)26-4/h9,11-12,16-17,20,22H,5-8,10,13-15,18-19,25H2,1-4H3,(H2,26,27,28). The highest BCUT2D eigenvalue weighted by molar-refractivity contribution is 5.73. The SMILES string of the molecule is CCCCCC(CCC)C(CN)(CC(CCC)NC(=O)NC)c1ccccc1. The van der Waals surface area contributed by atoms with E-state index in [1.165, 1.54) is 37.7 Å². The van der Waals surface area contributed by atoms with Crippen molar-refractivity contribution < 1.29 is 4.79 Å². The first-order valence-corrected chi connectivity index (χ1v) is 11.3. The van der Waals surface area contributed by atoms with Gasteiger partial charge < -0.3 is 16.4 Å². The summed E-state index contributed by atoms with van der Waals surface area (Å²) in [6, 6.07) is 10.8. The van der Waals surface area contributed by atoms with Crippen molar-refractivity contribution in [2.75, 3.05) is 13.6 Å². The molecule has 28 heavy (non-hydrogen) atoms. The quantitative estimate of drug-likeness (QED) is 0.375. The molecule has 0 heterocycles. The highest BCUT2D eigenvalue weighted by Crippen LogP contribution is 2.42. The predicted molar refractivity (Wildman–Crippen MR) is 121 cm³/mol. The Kier molecular flexibility index (Phi) is 11.9. The van der Waals surface area contributed by atoms with Crippen molar-refractivity contribution in [1.82, 2.24) is 10.6 Å². The van der Waals surface area contributed by atoms with Gasteiger partial charge in [0.1, 0.15) is 0 Å². The van der Waals surface area contributed by atoms with Crippen LogP contribution in [0.3, 0.4) is 0 Å². The van der Waals surface area contributed by atoms with Crippen LogP contribution in [0.5, 0.6) is 0 Å². The molecule has 0 radical (unpaired) electrons. The van der Waals surface area contributed by atoms with Gasteiger partial charge in [-0.1, -0.05) is 83.2 Å². The summed E-state index contributed by atoms with van der Waals surface area (Å²) < 4.78 is 0. The Labute approximate surface area is 173 Å². The minimum Gasteiger partial charge on any atom is -0.341 e. The van der Waals surface area contributed by atoms with Crippen LogP contribution in [0.15, 0.2) is 30.3 Å². The molecule has 4 heteroatoms. The zero-order valence-corrected chi connectivity index (χ0v) is 18.6. The molecule has 0 spiro atoms. The number of nitrogens with two attached hydrogens (primary N) is 1. The summed E-state index contributed by atoms with van der Waals surface area (Å²) >= 11 is 0. The Bertz CT molecular complexity index is 534. The number of hydrogen-bond acceptors (Lipinski definition) is 2. The Morgan fingerprint density at radius 3 is 2.21 bits per heavy atom. The van der Waals surface area contributed by atoms with Crippen molar-refractivity contribution >= 4 is 6.03 Å². The number of rotatable bonds is 14. The molecule has 0 bridgehead atoms. The number of unbranched alkanes of at least 4 members (excludes halogenated alkanes) is 2. The Hall–Kier alpha value is -1.55. The predicted octanol–water partition coefficient (Wildman–Crippen LogP) is 5.37. The smallest absolute Gasteiger partial charge is 0.314 e. The van der Waals surface area contributed by atoms with Crippen molar-refractivity contribution in [2.45, 2.75) is 90.0 Å². The van der Waals surface area contributed by atoms with Crippen LogP contribution in [0, 0.1) is 5.92 Å². The molecular weight excluding hydrogens is 346 g/mol. The van der Waals surface area contributed by atoms with Crippen LogP contribution in [0.4, 0.5) is 4.79 Å². The van der Waals surface area contributed by atoms with E-state index in [2.05, 4.69) is 61.7 Å². The average molecular weight is 390 g/mol. The number of hydrogen-bond donors (Lipinski definition) is 3. The van der Waals surface area contributed by atoms with E-state index in [0.717, 1.165) is 25.7 Å². The second-order valence-corrected chi connectivity index (χ2v) is 8.12. The lowest BCUT2D eigenvalue weighted by atomic mass is 9.63. The fraction of sp³-hybridized carbons (Fsp3) is 0.708. The average Bonchev–Trinajstić information content (AvgIpc) is 2.72. The fourth-order valence-corrected chi connectivity index (χ4v) is 4.62. The molecule has 0 saturated carbocycles. The van der Waals surface area contributed by atoms with Gasteiger partial charge in [-0.15, -0.1) is 0 Å². The summed E-state index contributed by atoms with van der Waals surface area (Å²) in [6.45, 7) is 7.32. The lowest BCUT2D eigenvalue weighted by molar-refractivity contribution is 0.190. The van der Waals surface area contributed by atoms with E-state index >= 15 is 0 Å². The highest BCUT2D eigenvalue weighted by Gasteiger charge is 2.40. The minimum atomic E-state index is -0.105. The van der Waals surface area contributed by atoms with E-state index < -0.39 is 0 Å². The molecule has 4 N–H and O–H groups in total. The molecule has 1 aromatic rings. The van der Waals surface area contributed by atoms with E-state index in [1.807, 2.05) is 0 Å². The van der Waals surface area contributed by atoms with Crippen LogP contribution >= 0.6 is 0 Å². The summed E-state index contributed by atoms with van der Waals surface area (Å²) in [5, 5.41) is 5.90. The van der Waals surface area contributed by atoms with E-state index in [4.69, 9.17) is 5.73 Å². The van der Waals surface area contributed by atoms with Gasteiger partial charge in [0.2, 0.25) is 0 Å². The van der Waals surface area contributed by atoms with E-state index in [1.54, 1.807) is 7.05 Å². The number of nitrogens with one attached hydrogen (secondary N) is 2. The summed E-state index contributed by atoms with van der Waals surface area (Å²) in [7, 11) is 1.68. The normalized spacial score (nSPS) is 15.5. The maximum absolute atomic E-state index is 12.1. The first-order valence-electron chi connectivity index (χ1n) is 11.3. The second-order valence-electron chi connectivity index (χ2n) is 8.12. The van der Waals surface area contributed by atoms with Gasteiger partial charge in [0.05, 0.1) is 0 Å². The van der Waals surface area contributed by atoms with Crippen molar-refractivity contribution in [2.24, 2.45) is 11.7 Å². The van der Waals surface area contributed by atoms with Gasteiger partial charge in [0.25, 0.3) is 0 Å². The minimum absolute atomic E-state index is 0.101. The summed E-state index contributed by atoms with van der Waals surface area (Å²) in [5.74, 6) is 0.530. The molecule has 2 amide bonds. The molecule has 0 aliphatic carbocycles. The molecule has 0 aliphatic heterocycles. The number of urea groups is 1. The largest absolute Gasteiger partial charge is 0.341 e. The van der Waals surface area contributed by atoms with Crippen molar-refractivity contribution in [3.63, 3.8) is 0 Å². The first-order chi connectivity index (χ1) is 13.6. The topological polar surface area (TPSA) is 67.1 Å². The van der Waals surface area contributed by atoms with Gasteiger partial charge in [-0.3, -0.25) is 0 Å². The maximum atomic E-state index is 12.1. The van der Waals surface area contributed by atoms with Crippen molar-refractivity contribution in [3.05, 3.63) is 35.9 Å². The lowest BCUT2D eigenvalue weighted by Gasteiger charge is -2.43. The first kappa shape index (κ1) is 24.5. The molecule has 1 rings (SSSR count). The van der Waals surface area contributed by atoms with Gasteiger partial charge in [-0.25, -0.2) is 4.79 Å². The van der Waals surface area contributed by atoms with E-state index in [0.29, 0.717) is 12.5 Å². The van der Waals surface area contributed by atoms with Crippen LogP contribution in [-0.2, 0) is 5.41 Å². The number of carbonyl (C=O) groups is 1. The Balaban J connectivity index is 3.28. The number of amides is 2. The molecule has 0 aliphatic rings. The zero-order valence-electron chi connectivity index (χ0n) is 18.6. The van der Waals surface area contributed by atoms with Gasteiger partial charge in [0.15, 0.2) is 0 Å². The monoisotopic (exact) mass is 389 g/mol. The third kappa shape index (κ3) is 7.12. The summed E-state index contributed by atoms with van der Waals surface area (Å²) in [5.41, 5.74) is 7.78. The van der Waals surface area contributed by atoms with E-state index in [-0.39, 0.29) is 17.5 Å². The second kappa shape index (κ2) is 13.6. The number of carbonyl (C=O) groups excluding carboxylic acids is 1. The fourth-order valence-electron chi connectivity index (χ4n) is 4.62. The van der Waals surface area contributed by atoms with E-state index in [9.17, 15) is 4.79 Å². The van der Waals surface area contributed by atoms with Crippen molar-refractivity contribution in [3.8, 4) is 0 Å².